The highest BCUT2D eigenvalue weighted by Crippen LogP contribution is 2.26. The third-order valence-electron chi connectivity index (χ3n) is 4.44. The second-order valence-electron chi connectivity index (χ2n) is 6.92. The van der Waals surface area contributed by atoms with Gasteiger partial charge in [0, 0.05) is 12.8 Å². The Morgan fingerprint density at radius 2 is 1.86 bits per heavy atom. The van der Waals surface area contributed by atoms with Crippen LogP contribution in [0.4, 0.5) is 0 Å². The summed E-state index contributed by atoms with van der Waals surface area (Å²) in [6.45, 7) is 2.02. The number of carboxylic acid groups (broad SMARTS) is 1. The number of allylic oxidation sites excluding steroid dienone is 4. The van der Waals surface area contributed by atoms with Crippen LogP contribution in [0.3, 0.4) is 0 Å². The van der Waals surface area contributed by atoms with Crippen LogP contribution in [-0.2, 0) is 9.53 Å². The third-order valence-corrected chi connectivity index (χ3v) is 4.44. The van der Waals surface area contributed by atoms with Crippen LogP contribution in [0.5, 0.6) is 0 Å². The Bertz CT molecular complexity index is 551. The fourth-order valence-electron chi connectivity index (χ4n) is 2.87. The first kappa shape index (κ1) is 24.3. The van der Waals surface area contributed by atoms with Crippen molar-refractivity contribution >= 4 is 5.97 Å². The van der Waals surface area contributed by atoms with Gasteiger partial charge >= 0.3 is 5.97 Å². The molecule has 6 nitrogen and oxygen atoms in total. The summed E-state index contributed by atoms with van der Waals surface area (Å²) in [5.41, 5.74) is 0. The molecule has 0 unspecified atom stereocenters. The van der Waals surface area contributed by atoms with Crippen LogP contribution in [0.15, 0.2) is 48.6 Å². The molecule has 0 radical (unpaired) electrons. The molecule has 0 bridgehead atoms. The molecule has 1 heterocycles. The maximum Gasteiger partial charge on any atom is 0.303 e. The number of ether oxygens (including phenoxy) is 1. The predicted molar refractivity (Wildman–Crippen MR) is 109 cm³/mol. The number of hydrogen-bond donors (Lipinski definition) is 4. The minimum atomic E-state index is -0.870. The van der Waals surface area contributed by atoms with E-state index in [1.165, 1.54) is 6.08 Å². The van der Waals surface area contributed by atoms with Gasteiger partial charge in [-0.25, -0.2) is 0 Å². The maximum absolute atomic E-state index is 10.4. The highest BCUT2D eigenvalue weighted by atomic mass is 16.5. The van der Waals surface area contributed by atoms with Gasteiger partial charge in [-0.1, -0.05) is 55.5 Å². The highest BCUT2D eigenvalue weighted by molar-refractivity contribution is 5.66. The molecular formula is C22H34O6. The molecule has 1 rings (SSSR count). The van der Waals surface area contributed by atoms with E-state index in [4.69, 9.17) is 9.84 Å². The standard InChI is InChI=1S/C22H34O6/c1-2-3-8-11-17(23)14-15-18(24)21-16-19(25)20(28-21)12-9-6-4-5-7-10-13-22(26)27/h3,5-9,14-15,17-21,23-25H,2,4,10-13,16H2,1H3,(H,26,27)/b7-5-,8-3-,9-6-,15-14+/t17-,18-,19-,20-,21+/m1/s1. The SMILES string of the molecule is CC/C=C\C[C@@H](O)/C=C/[C@@H](O)[C@@H]1C[C@@H](O)[C@@H](C/C=C\C/C=C\CCC(=O)O)O1. The van der Waals surface area contributed by atoms with Crippen LogP contribution < -0.4 is 0 Å². The Morgan fingerprint density at radius 3 is 2.57 bits per heavy atom. The van der Waals surface area contributed by atoms with Crippen LogP contribution in [0.2, 0.25) is 0 Å². The highest BCUT2D eigenvalue weighted by Gasteiger charge is 2.36. The van der Waals surface area contributed by atoms with Crippen LogP contribution in [0.25, 0.3) is 0 Å². The zero-order valence-corrected chi connectivity index (χ0v) is 16.6. The topological polar surface area (TPSA) is 107 Å². The third kappa shape index (κ3) is 10.6. The molecule has 0 aromatic carbocycles. The van der Waals surface area contributed by atoms with E-state index in [0.717, 1.165) is 6.42 Å². The van der Waals surface area contributed by atoms with Crippen molar-refractivity contribution in [3.05, 3.63) is 48.6 Å². The predicted octanol–water partition coefficient (Wildman–Crippen LogP) is 2.90. The van der Waals surface area contributed by atoms with Crippen molar-refractivity contribution in [3.8, 4) is 0 Å². The van der Waals surface area contributed by atoms with Crippen LogP contribution in [0.1, 0.15) is 51.9 Å². The van der Waals surface area contributed by atoms with Crippen molar-refractivity contribution in [1.82, 2.24) is 0 Å². The minimum Gasteiger partial charge on any atom is -0.481 e. The smallest absolute Gasteiger partial charge is 0.303 e. The van der Waals surface area contributed by atoms with E-state index in [0.29, 0.717) is 32.1 Å². The van der Waals surface area contributed by atoms with Gasteiger partial charge in [0.1, 0.15) is 0 Å². The first-order chi connectivity index (χ1) is 13.4. The monoisotopic (exact) mass is 394 g/mol. The summed E-state index contributed by atoms with van der Waals surface area (Å²) >= 11 is 0. The average Bonchev–Trinajstić information content (AvgIpc) is 3.02. The van der Waals surface area contributed by atoms with E-state index in [1.807, 2.05) is 43.4 Å². The average molecular weight is 395 g/mol. The molecule has 28 heavy (non-hydrogen) atoms. The normalized spacial score (nSPS) is 25.5. The Labute approximate surface area is 167 Å². The first-order valence-corrected chi connectivity index (χ1v) is 9.98. The van der Waals surface area contributed by atoms with Crippen molar-refractivity contribution in [1.29, 1.82) is 0 Å². The summed E-state index contributed by atoms with van der Waals surface area (Å²) < 4.78 is 5.76. The van der Waals surface area contributed by atoms with E-state index < -0.39 is 30.4 Å². The summed E-state index contributed by atoms with van der Waals surface area (Å²) in [6, 6.07) is 0. The van der Waals surface area contributed by atoms with E-state index in [2.05, 4.69) is 0 Å². The van der Waals surface area contributed by atoms with Gasteiger partial charge in [0.15, 0.2) is 0 Å². The Morgan fingerprint density at radius 1 is 1.11 bits per heavy atom. The molecule has 0 aromatic heterocycles. The molecule has 6 heteroatoms. The second-order valence-corrected chi connectivity index (χ2v) is 6.92. The molecule has 1 fully saturated rings. The number of aliphatic hydroxyl groups is 3. The number of aliphatic hydroxyl groups excluding tert-OH is 3. The maximum atomic E-state index is 10.4. The van der Waals surface area contributed by atoms with Gasteiger partial charge in [-0.05, 0) is 32.1 Å². The van der Waals surface area contributed by atoms with Gasteiger partial charge < -0.3 is 25.2 Å². The molecule has 0 saturated carbocycles. The first-order valence-electron chi connectivity index (χ1n) is 9.98. The fourth-order valence-corrected chi connectivity index (χ4v) is 2.87. The summed E-state index contributed by atoms with van der Waals surface area (Å²) in [4.78, 5) is 10.4. The molecular weight excluding hydrogens is 360 g/mol. The van der Waals surface area contributed by atoms with E-state index in [1.54, 1.807) is 6.08 Å². The lowest BCUT2D eigenvalue weighted by Gasteiger charge is -2.16. The number of aliphatic carboxylic acids is 1. The molecule has 4 N–H and O–H groups in total. The Hall–Kier alpha value is -1.73. The summed E-state index contributed by atoms with van der Waals surface area (Å²) in [5.74, 6) is -0.804. The molecule has 1 saturated heterocycles. The fraction of sp³-hybridized carbons (Fsp3) is 0.591. The summed E-state index contributed by atoms with van der Waals surface area (Å²) in [5, 5.41) is 38.7. The molecule has 0 aliphatic carbocycles. The molecule has 5 atom stereocenters. The molecule has 158 valence electrons. The molecule has 0 amide bonds. The number of hydrogen-bond acceptors (Lipinski definition) is 5. The van der Waals surface area contributed by atoms with Gasteiger partial charge in [-0.3, -0.25) is 4.79 Å². The van der Waals surface area contributed by atoms with Crippen LogP contribution in [0, 0.1) is 0 Å². The number of carbonyl (C=O) groups is 1. The van der Waals surface area contributed by atoms with Gasteiger partial charge in [0.25, 0.3) is 0 Å². The molecule has 1 aliphatic rings. The number of rotatable bonds is 13. The minimum absolute atomic E-state index is 0.132. The lowest BCUT2D eigenvalue weighted by atomic mass is 10.0. The summed E-state index contributed by atoms with van der Waals surface area (Å²) in [7, 11) is 0. The molecule has 0 spiro atoms. The van der Waals surface area contributed by atoms with Gasteiger partial charge in [-0.2, -0.15) is 0 Å². The van der Waals surface area contributed by atoms with Crippen molar-refractivity contribution in [2.24, 2.45) is 0 Å². The van der Waals surface area contributed by atoms with Gasteiger partial charge in [0.2, 0.25) is 0 Å². The van der Waals surface area contributed by atoms with Crippen molar-refractivity contribution < 1.29 is 30.0 Å². The van der Waals surface area contributed by atoms with E-state index >= 15 is 0 Å². The van der Waals surface area contributed by atoms with Crippen molar-refractivity contribution in [2.45, 2.75) is 82.4 Å². The lowest BCUT2D eigenvalue weighted by Crippen LogP contribution is -2.24. The van der Waals surface area contributed by atoms with E-state index in [9.17, 15) is 20.1 Å². The quantitative estimate of drug-likeness (QED) is 0.358. The molecule has 1 aliphatic heterocycles. The lowest BCUT2D eigenvalue weighted by molar-refractivity contribution is -0.136. The second kappa shape index (κ2) is 14.3. The van der Waals surface area contributed by atoms with Gasteiger partial charge in [0.05, 0.1) is 30.5 Å². The zero-order valence-electron chi connectivity index (χ0n) is 16.6. The summed E-state index contributed by atoms with van der Waals surface area (Å²) in [6.07, 6.45) is 15.2. The van der Waals surface area contributed by atoms with Crippen molar-refractivity contribution in [3.63, 3.8) is 0 Å². The van der Waals surface area contributed by atoms with E-state index in [-0.39, 0.29) is 12.5 Å². The Balaban J connectivity index is 2.32. The van der Waals surface area contributed by atoms with Crippen LogP contribution >= 0.6 is 0 Å². The van der Waals surface area contributed by atoms with Gasteiger partial charge in [-0.15, -0.1) is 0 Å². The largest absolute Gasteiger partial charge is 0.481 e. The van der Waals surface area contributed by atoms with Crippen molar-refractivity contribution in [2.75, 3.05) is 0 Å². The Kier molecular flexibility index (Phi) is 12.4. The zero-order chi connectivity index (χ0) is 20.8. The number of carboxylic acids is 1. The van der Waals surface area contributed by atoms with Crippen LogP contribution in [-0.4, -0.2) is 56.9 Å². The molecule has 0 aromatic rings.